The van der Waals surface area contributed by atoms with E-state index in [0.29, 0.717) is 66.4 Å². The van der Waals surface area contributed by atoms with Gasteiger partial charge in [0.25, 0.3) is 5.91 Å². The molecule has 0 radical (unpaired) electrons. The molecular formula is C23H23NO5. The first kappa shape index (κ1) is 19.3. The Bertz CT molecular complexity index is 1100. The van der Waals surface area contributed by atoms with Gasteiger partial charge >= 0.3 is 0 Å². The molecule has 1 saturated heterocycles. The number of furan rings is 1. The molecule has 6 nitrogen and oxygen atoms in total. The van der Waals surface area contributed by atoms with Crippen LogP contribution in [0.2, 0.25) is 0 Å². The monoisotopic (exact) mass is 393 g/mol. The number of morpholine rings is 1. The summed E-state index contributed by atoms with van der Waals surface area (Å²) in [5, 5.41) is 0.828. The SMILES string of the molecule is CC1=C(C)C(=O)C(Cc2ccc3cc(C(=O)N4CCOCC4)oc3c2)=C(C)C1=O. The van der Waals surface area contributed by atoms with E-state index in [1.54, 1.807) is 31.7 Å². The minimum absolute atomic E-state index is 0.0745. The third-order valence-electron chi connectivity index (χ3n) is 5.79. The normalized spacial score (nSPS) is 18.2. The van der Waals surface area contributed by atoms with Crippen LogP contribution in [0.4, 0.5) is 0 Å². The van der Waals surface area contributed by atoms with Gasteiger partial charge in [-0.3, -0.25) is 14.4 Å². The molecule has 2 aromatic rings. The molecule has 0 atom stereocenters. The van der Waals surface area contributed by atoms with Crippen molar-refractivity contribution in [2.75, 3.05) is 26.3 Å². The lowest BCUT2D eigenvalue weighted by Gasteiger charge is -2.25. The van der Waals surface area contributed by atoms with Crippen molar-refractivity contribution in [3.63, 3.8) is 0 Å². The highest BCUT2D eigenvalue weighted by Gasteiger charge is 2.28. The molecule has 1 aliphatic heterocycles. The van der Waals surface area contributed by atoms with E-state index in [1.807, 2.05) is 18.2 Å². The molecule has 2 heterocycles. The van der Waals surface area contributed by atoms with Crippen LogP contribution in [0.15, 0.2) is 51.0 Å². The summed E-state index contributed by atoms with van der Waals surface area (Å²) in [4.78, 5) is 39.4. The lowest BCUT2D eigenvalue weighted by Crippen LogP contribution is -2.40. The van der Waals surface area contributed by atoms with E-state index in [9.17, 15) is 14.4 Å². The van der Waals surface area contributed by atoms with Gasteiger partial charge in [0.15, 0.2) is 17.3 Å². The molecule has 1 aromatic carbocycles. The molecule has 0 N–H and O–H groups in total. The van der Waals surface area contributed by atoms with Crippen LogP contribution in [0, 0.1) is 0 Å². The standard InChI is InChI=1S/C23H23NO5/c1-13-14(2)22(26)18(15(3)21(13)25)10-16-4-5-17-12-20(29-19(17)11-16)23(27)24-6-8-28-9-7-24/h4-5,11-12H,6-10H2,1-3H3. The van der Waals surface area contributed by atoms with Crippen LogP contribution in [-0.4, -0.2) is 48.7 Å². The lowest BCUT2D eigenvalue weighted by atomic mass is 9.83. The number of hydrogen-bond donors (Lipinski definition) is 0. The number of nitrogens with zero attached hydrogens (tertiary/aromatic N) is 1. The minimum atomic E-state index is -0.145. The third kappa shape index (κ3) is 3.44. The topological polar surface area (TPSA) is 76.8 Å². The second-order valence-electron chi connectivity index (χ2n) is 7.58. The van der Waals surface area contributed by atoms with Crippen molar-refractivity contribution in [2.45, 2.75) is 27.2 Å². The summed E-state index contributed by atoms with van der Waals surface area (Å²) in [5.41, 5.74) is 3.50. The Balaban J connectivity index is 1.61. The maximum absolute atomic E-state index is 12.7. The zero-order chi connectivity index (χ0) is 20.7. The van der Waals surface area contributed by atoms with Crippen molar-refractivity contribution in [1.82, 2.24) is 4.90 Å². The van der Waals surface area contributed by atoms with Crippen molar-refractivity contribution < 1.29 is 23.5 Å². The molecule has 0 saturated carbocycles. The van der Waals surface area contributed by atoms with E-state index < -0.39 is 0 Å². The van der Waals surface area contributed by atoms with Crippen LogP contribution in [-0.2, 0) is 20.7 Å². The second-order valence-corrected chi connectivity index (χ2v) is 7.58. The fourth-order valence-corrected chi connectivity index (χ4v) is 3.79. The van der Waals surface area contributed by atoms with Crippen molar-refractivity contribution in [2.24, 2.45) is 0 Å². The zero-order valence-electron chi connectivity index (χ0n) is 16.8. The maximum atomic E-state index is 12.7. The van der Waals surface area contributed by atoms with Crippen LogP contribution in [0.5, 0.6) is 0 Å². The van der Waals surface area contributed by atoms with E-state index in [2.05, 4.69) is 0 Å². The Labute approximate surface area is 168 Å². The van der Waals surface area contributed by atoms with Crippen molar-refractivity contribution in [3.8, 4) is 0 Å². The Morgan fingerprint density at radius 3 is 2.38 bits per heavy atom. The van der Waals surface area contributed by atoms with Crippen LogP contribution >= 0.6 is 0 Å². The molecule has 150 valence electrons. The summed E-state index contributed by atoms with van der Waals surface area (Å²) in [7, 11) is 0. The number of benzene rings is 1. The molecule has 1 aliphatic carbocycles. The number of rotatable bonds is 3. The molecule has 4 rings (SSSR count). The Morgan fingerprint density at radius 1 is 0.966 bits per heavy atom. The van der Waals surface area contributed by atoms with Gasteiger partial charge in [-0.1, -0.05) is 12.1 Å². The number of hydrogen-bond acceptors (Lipinski definition) is 5. The molecule has 2 aliphatic rings. The molecule has 0 spiro atoms. The molecule has 0 unspecified atom stereocenters. The van der Waals surface area contributed by atoms with E-state index in [-0.39, 0.29) is 17.5 Å². The predicted molar refractivity (Wildman–Crippen MR) is 108 cm³/mol. The van der Waals surface area contributed by atoms with E-state index in [1.165, 1.54) is 0 Å². The maximum Gasteiger partial charge on any atom is 0.289 e. The number of carbonyl (C=O) groups excluding carboxylic acids is 3. The third-order valence-corrected chi connectivity index (χ3v) is 5.79. The number of amides is 1. The van der Waals surface area contributed by atoms with Gasteiger partial charge in [0.1, 0.15) is 5.58 Å². The highest BCUT2D eigenvalue weighted by atomic mass is 16.5. The van der Waals surface area contributed by atoms with Gasteiger partial charge in [0.2, 0.25) is 0 Å². The smallest absolute Gasteiger partial charge is 0.289 e. The van der Waals surface area contributed by atoms with E-state index >= 15 is 0 Å². The summed E-state index contributed by atoms with van der Waals surface area (Å²) in [6.45, 7) is 7.26. The molecule has 1 fully saturated rings. The molecular weight excluding hydrogens is 370 g/mol. The van der Waals surface area contributed by atoms with E-state index in [4.69, 9.17) is 9.15 Å². The van der Waals surface area contributed by atoms with Crippen LogP contribution in [0.3, 0.4) is 0 Å². The fourth-order valence-electron chi connectivity index (χ4n) is 3.79. The fraction of sp³-hybridized carbons (Fsp3) is 0.348. The molecule has 1 amide bonds. The van der Waals surface area contributed by atoms with Gasteiger partial charge in [0, 0.05) is 47.2 Å². The Hall–Kier alpha value is -2.99. The number of ketones is 2. The van der Waals surface area contributed by atoms with Crippen molar-refractivity contribution in [1.29, 1.82) is 0 Å². The Morgan fingerprint density at radius 2 is 1.66 bits per heavy atom. The number of ether oxygens (including phenoxy) is 1. The first-order chi connectivity index (χ1) is 13.9. The van der Waals surface area contributed by atoms with Gasteiger partial charge in [-0.2, -0.15) is 0 Å². The zero-order valence-corrected chi connectivity index (χ0v) is 16.8. The highest BCUT2D eigenvalue weighted by Crippen LogP contribution is 2.28. The number of fused-ring (bicyclic) bond motifs is 1. The molecule has 0 bridgehead atoms. The first-order valence-corrected chi connectivity index (χ1v) is 9.73. The molecule has 1 aromatic heterocycles. The summed E-state index contributed by atoms with van der Waals surface area (Å²) in [6, 6.07) is 7.36. The highest BCUT2D eigenvalue weighted by molar-refractivity contribution is 6.24. The molecule has 6 heteroatoms. The average Bonchev–Trinajstić information content (AvgIpc) is 3.17. The van der Waals surface area contributed by atoms with Crippen LogP contribution < -0.4 is 0 Å². The summed E-state index contributed by atoms with van der Waals surface area (Å²) >= 11 is 0. The average molecular weight is 393 g/mol. The first-order valence-electron chi connectivity index (χ1n) is 9.73. The van der Waals surface area contributed by atoms with E-state index in [0.717, 1.165) is 10.9 Å². The van der Waals surface area contributed by atoms with Gasteiger partial charge in [0.05, 0.1) is 13.2 Å². The summed E-state index contributed by atoms with van der Waals surface area (Å²) in [6.07, 6.45) is 0.352. The van der Waals surface area contributed by atoms with Gasteiger partial charge in [-0.05, 0) is 38.5 Å². The van der Waals surface area contributed by atoms with Crippen molar-refractivity contribution >= 4 is 28.4 Å². The lowest BCUT2D eigenvalue weighted by molar-refractivity contribution is -0.116. The largest absolute Gasteiger partial charge is 0.451 e. The van der Waals surface area contributed by atoms with Gasteiger partial charge < -0.3 is 14.1 Å². The van der Waals surface area contributed by atoms with Gasteiger partial charge in [-0.15, -0.1) is 0 Å². The van der Waals surface area contributed by atoms with Crippen molar-refractivity contribution in [3.05, 3.63) is 57.9 Å². The summed E-state index contributed by atoms with van der Waals surface area (Å²) < 4.78 is 11.1. The second kappa shape index (κ2) is 7.44. The van der Waals surface area contributed by atoms with Gasteiger partial charge in [-0.25, -0.2) is 0 Å². The molecule has 29 heavy (non-hydrogen) atoms. The number of Topliss-reactive ketones (excluding diaryl/α,β-unsaturated/α-hetero) is 2. The minimum Gasteiger partial charge on any atom is -0.451 e. The summed E-state index contributed by atoms with van der Waals surface area (Å²) in [5.74, 6) is -0.00133. The van der Waals surface area contributed by atoms with Crippen LogP contribution in [0.25, 0.3) is 11.0 Å². The quantitative estimate of drug-likeness (QED) is 0.748. The predicted octanol–water partition coefficient (Wildman–Crippen LogP) is 3.25. The Kier molecular flexibility index (Phi) is 4.96. The number of allylic oxidation sites excluding steroid dienone is 4. The van der Waals surface area contributed by atoms with Crippen LogP contribution in [0.1, 0.15) is 36.9 Å². The number of carbonyl (C=O) groups is 3.